The summed E-state index contributed by atoms with van der Waals surface area (Å²) >= 11 is 0. The fraction of sp³-hybridized carbons (Fsp3) is 0.600. The molecule has 1 aromatic heterocycles. The van der Waals surface area contributed by atoms with E-state index in [-0.39, 0.29) is 18.1 Å². The van der Waals surface area contributed by atoms with E-state index in [1.54, 1.807) is 6.20 Å². The molecule has 3 fully saturated rings. The number of amides is 1. The number of morpholine rings is 1. The highest BCUT2D eigenvalue weighted by molar-refractivity contribution is 5.99. The lowest BCUT2D eigenvalue weighted by atomic mass is 10.1. The zero-order valence-electron chi connectivity index (χ0n) is 15.1. The number of anilines is 2. The number of carbonyl (C=O) groups is 1. The lowest BCUT2D eigenvalue weighted by molar-refractivity contribution is -0.112. The van der Waals surface area contributed by atoms with Gasteiger partial charge in [-0.3, -0.25) is 4.79 Å². The number of allylic oxidation sites excluding steroid dienone is 1. The predicted molar refractivity (Wildman–Crippen MR) is 98.6 cm³/mol. The molecule has 1 aromatic rings. The van der Waals surface area contributed by atoms with Crippen LogP contribution >= 0.6 is 0 Å². The molecule has 1 saturated heterocycles. The quantitative estimate of drug-likeness (QED) is 0.834. The Morgan fingerprint density at radius 2 is 1.80 bits per heavy atom. The Bertz CT molecular complexity index is 638. The summed E-state index contributed by atoms with van der Waals surface area (Å²) in [5.74, 6) is 2.26. The van der Waals surface area contributed by atoms with E-state index in [2.05, 4.69) is 29.0 Å². The van der Waals surface area contributed by atoms with Crippen molar-refractivity contribution >= 4 is 17.4 Å². The fourth-order valence-corrected chi connectivity index (χ4v) is 3.74. The molecule has 0 radical (unpaired) electrons. The van der Waals surface area contributed by atoms with Crippen LogP contribution in [-0.4, -0.2) is 36.2 Å². The minimum Gasteiger partial charge on any atom is -0.372 e. The average Bonchev–Trinajstić information content (AvgIpc) is 3.46. The van der Waals surface area contributed by atoms with Gasteiger partial charge < -0.3 is 15.0 Å². The van der Waals surface area contributed by atoms with Crippen molar-refractivity contribution in [2.24, 2.45) is 11.8 Å². The molecule has 2 aliphatic carbocycles. The molecular formula is C20H27N3O2. The molecular weight excluding hydrogens is 314 g/mol. The normalized spacial score (nSPS) is 26.2. The van der Waals surface area contributed by atoms with Crippen LogP contribution in [-0.2, 0) is 9.53 Å². The summed E-state index contributed by atoms with van der Waals surface area (Å²) in [5, 5.41) is 2.96. The van der Waals surface area contributed by atoms with Crippen LogP contribution in [0.3, 0.4) is 0 Å². The van der Waals surface area contributed by atoms with Crippen LogP contribution < -0.4 is 10.2 Å². The first-order valence-electron chi connectivity index (χ1n) is 9.47. The molecule has 2 unspecified atom stereocenters. The third kappa shape index (κ3) is 4.21. The minimum atomic E-state index is -0.0167. The van der Waals surface area contributed by atoms with Crippen LogP contribution in [0, 0.1) is 11.8 Å². The molecule has 1 N–H and O–H groups in total. The van der Waals surface area contributed by atoms with E-state index in [0.29, 0.717) is 11.8 Å². The smallest absolute Gasteiger partial charge is 0.248 e. The van der Waals surface area contributed by atoms with E-state index in [1.165, 1.54) is 31.3 Å². The van der Waals surface area contributed by atoms with E-state index >= 15 is 0 Å². The molecule has 0 spiro atoms. The number of nitrogens with zero attached hydrogens (tertiary/aromatic N) is 2. The molecule has 1 amide bonds. The van der Waals surface area contributed by atoms with Crippen LogP contribution in [0.25, 0.3) is 0 Å². The zero-order valence-corrected chi connectivity index (χ0v) is 15.1. The number of hydrogen-bond acceptors (Lipinski definition) is 4. The first-order valence-corrected chi connectivity index (χ1v) is 9.47. The van der Waals surface area contributed by atoms with Crippen molar-refractivity contribution < 1.29 is 9.53 Å². The molecule has 25 heavy (non-hydrogen) atoms. The Balaban J connectivity index is 1.38. The van der Waals surface area contributed by atoms with Gasteiger partial charge in [-0.05, 0) is 63.5 Å². The maximum absolute atomic E-state index is 12.3. The number of ether oxygens (including phenoxy) is 1. The second kappa shape index (κ2) is 6.79. The molecule has 134 valence electrons. The molecule has 2 saturated carbocycles. The zero-order chi connectivity index (χ0) is 17.4. The highest BCUT2D eigenvalue weighted by Crippen LogP contribution is 2.48. The molecule has 0 bridgehead atoms. The summed E-state index contributed by atoms with van der Waals surface area (Å²) < 4.78 is 5.77. The fourth-order valence-electron chi connectivity index (χ4n) is 3.74. The summed E-state index contributed by atoms with van der Waals surface area (Å²) in [6, 6.07) is 3.92. The summed E-state index contributed by atoms with van der Waals surface area (Å²) in [6.07, 6.45) is 9.01. The summed E-state index contributed by atoms with van der Waals surface area (Å²) in [6.45, 7) is 5.86. The van der Waals surface area contributed by atoms with Crippen molar-refractivity contribution in [1.29, 1.82) is 0 Å². The summed E-state index contributed by atoms with van der Waals surface area (Å²) in [4.78, 5) is 19.1. The third-order valence-electron chi connectivity index (χ3n) is 5.15. The van der Waals surface area contributed by atoms with Crippen molar-refractivity contribution in [1.82, 2.24) is 4.98 Å². The van der Waals surface area contributed by atoms with Gasteiger partial charge in [-0.25, -0.2) is 4.98 Å². The second-order valence-corrected chi connectivity index (χ2v) is 7.75. The highest BCUT2D eigenvalue weighted by Gasteiger charge is 2.36. The minimum absolute atomic E-state index is 0.0167. The standard InChI is InChI=1S/C20H27N3O2/c1-13-11-23(12-14(2)25-13)19-8-7-17(10-21-19)22-20(24)9-18(15-3-4-15)16-5-6-16/h7-10,13-16H,3-6,11-12H2,1-2H3,(H,22,24). The lowest BCUT2D eigenvalue weighted by Gasteiger charge is -2.36. The van der Waals surface area contributed by atoms with Crippen LogP contribution in [0.1, 0.15) is 39.5 Å². The van der Waals surface area contributed by atoms with Crippen molar-refractivity contribution in [3.8, 4) is 0 Å². The number of aromatic nitrogens is 1. The number of rotatable bonds is 5. The Hall–Kier alpha value is -1.88. The van der Waals surface area contributed by atoms with Gasteiger partial charge in [0.2, 0.25) is 5.91 Å². The lowest BCUT2D eigenvalue weighted by Crippen LogP contribution is -2.45. The number of pyridine rings is 1. The van der Waals surface area contributed by atoms with Gasteiger partial charge >= 0.3 is 0 Å². The highest BCUT2D eigenvalue weighted by atomic mass is 16.5. The Morgan fingerprint density at radius 3 is 2.32 bits per heavy atom. The molecule has 5 nitrogen and oxygen atoms in total. The third-order valence-corrected chi connectivity index (χ3v) is 5.15. The van der Waals surface area contributed by atoms with Crippen molar-refractivity contribution in [3.05, 3.63) is 30.0 Å². The van der Waals surface area contributed by atoms with Gasteiger partial charge in [-0.15, -0.1) is 0 Å². The molecule has 5 heteroatoms. The Morgan fingerprint density at radius 1 is 1.16 bits per heavy atom. The van der Waals surface area contributed by atoms with Crippen LogP contribution in [0.15, 0.2) is 30.0 Å². The first-order chi connectivity index (χ1) is 12.1. The van der Waals surface area contributed by atoms with Gasteiger partial charge in [0.25, 0.3) is 0 Å². The van der Waals surface area contributed by atoms with Gasteiger partial charge in [-0.2, -0.15) is 0 Å². The van der Waals surface area contributed by atoms with Gasteiger partial charge in [0.05, 0.1) is 24.1 Å². The van der Waals surface area contributed by atoms with Crippen LogP contribution in [0.5, 0.6) is 0 Å². The predicted octanol–water partition coefficient (Wildman–Crippen LogP) is 3.38. The van der Waals surface area contributed by atoms with E-state index in [0.717, 1.165) is 24.6 Å². The molecule has 3 aliphatic rings. The van der Waals surface area contributed by atoms with Crippen molar-refractivity contribution in [3.63, 3.8) is 0 Å². The van der Waals surface area contributed by atoms with E-state index < -0.39 is 0 Å². The monoisotopic (exact) mass is 341 g/mol. The van der Waals surface area contributed by atoms with E-state index in [1.807, 2.05) is 18.2 Å². The Kier molecular flexibility index (Phi) is 4.50. The van der Waals surface area contributed by atoms with E-state index in [4.69, 9.17) is 4.74 Å². The van der Waals surface area contributed by atoms with Gasteiger partial charge in [0, 0.05) is 19.2 Å². The first kappa shape index (κ1) is 16.6. The topological polar surface area (TPSA) is 54.5 Å². The van der Waals surface area contributed by atoms with Gasteiger partial charge in [0.15, 0.2) is 0 Å². The Labute approximate surface area is 149 Å². The number of hydrogen-bond donors (Lipinski definition) is 1. The number of carbonyl (C=O) groups excluding carboxylic acids is 1. The molecule has 1 aliphatic heterocycles. The van der Waals surface area contributed by atoms with Crippen LogP contribution in [0.2, 0.25) is 0 Å². The summed E-state index contributed by atoms with van der Waals surface area (Å²) in [5.41, 5.74) is 2.13. The molecule has 0 aromatic carbocycles. The molecule has 4 rings (SSSR count). The van der Waals surface area contributed by atoms with Gasteiger partial charge in [0.1, 0.15) is 5.82 Å². The largest absolute Gasteiger partial charge is 0.372 e. The summed E-state index contributed by atoms with van der Waals surface area (Å²) in [7, 11) is 0. The van der Waals surface area contributed by atoms with E-state index in [9.17, 15) is 4.79 Å². The van der Waals surface area contributed by atoms with Crippen molar-refractivity contribution in [2.45, 2.75) is 51.7 Å². The number of nitrogens with one attached hydrogen (secondary N) is 1. The maximum Gasteiger partial charge on any atom is 0.248 e. The molecule has 2 atom stereocenters. The molecule has 2 heterocycles. The maximum atomic E-state index is 12.3. The SMILES string of the molecule is CC1CN(c2ccc(NC(=O)C=C(C3CC3)C3CC3)cn2)CC(C)O1. The van der Waals surface area contributed by atoms with Crippen molar-refractivity contribution in [2.75, 3.05) is 23.3 Å². The van der Waals surface area contributed by atoms with Crippen LogP contribution in [0.4, 0.5) is 11.5 Å². The van der Waals surface area contributed by atoms with Gasteiger partial charge in [-0.1, -0.05) is 5.57 Å². The average molecular weight is 341 g/mol. The second-order valence-electron chi connectivity index (χ2n) is 7.75.